The number of hydrogen-bond acceptors (Lipinski definition) is 5. The Morgan fingerprint density at radius 3 is 2.90 bits per heavy atom. The van der Waals surface area contributed by atoms with Gasteiger partial charge in [0.15, 0.2) is 0 Å². The maximum atomic E-state index is 11.1. The van der Waals surface area contributed by atoms with E-state index in [1.54, 1.807) is 31.2 Å². The van der Waals surface area contributed by atoms with Crippen LogP contribution in [0.3, 0.4) is 0 Å². The Morgan fingerprint density at radius 2 is 2.30 bits per heavy atom. The molecule has 0 unspecified atom stereocenters. The molecule has 104 valence electrons. The summed E-state index contributed by atoms with van der Waals surface area (Å²) in [5, 5.41) is 12.5. The number of anilines is 1. The van der Waals surface area contributed by atoms with Crippen molar-refractivity contribution in [2.45, 2.75) is 13.3 Å². The topological polar surface area (TPSA) is 96.5 Å². The first-order valence-corrected chi connectivity index (χ1v) is 5.94. The van der Waals surface area contributed by atoms with Crippen molar-refractivity contribution >= 4 is 18.1 Å². The minimum atomic E-state index is -0.957. The monoisotopic (exact) mass is 275 g/mol. The number of nitrogens with zero attached hydrogens (tertiary/aromatic N) is 3. The van der Waals surface area contributed by atoms with Crippen LogP contribution in [0.2, 0.25) is 0 Å². The molecule has 1 aromatic carbocycles. The number of aromatic nitrogens is 2. The van der Waals surface area contributed by atoms with E-state index in [-0.39, 0.29) is 13.0 Å². The lowest BCUT2D eigenvalue weighted by Gasteiger charge is -2.16. The van der Waals surface area contributed by atoms with Gasteiger partial charge >= 0.3 is 5.97 Å². The van der Waals surface area contributed by atoms with Gasteiger partial charge in [-0.3, -0.25) is 9.59 Å². The molecule has 0 saturated carbocycles. The van der Waals surface area contributed by atoms with E-state index >= 15 is 0 Å². The molecule has 7 nitrogen and oxygen atoms in total. The van der Waals surface area contributed by atoms with Gasteiger partial charge in [-0.05, 0) is 12.1 Å². The van der Waals surface area contributed by atoms with Gasteiger partial charge in [0.25, 0.3) is 0 Å². The van der Waals surface area contributed by atoms with Crippen LogP contribution in [0.25, 0.3) is 11.4 Å². The van der Waals surface area contributed by atoms with Gasteiger partial charge in [0, 0.05) is 24.7 Å². The van der Waals surface area contributed by atoms with Crippen LogP contribution < -0.4 is 4.90 Å². The van der Waals surface area contributed by atoms with Crippen molar-refractivity contribution in [3.8, 4) is 11.4 Å². The number of hydrogen-bond donors (Lipinski definition) is 1. The number of carbonyl (C=O) groups excluding carboxylic acids is 1. The standard InChI is InChI=1S/C13H13N3O4/c1-9-14-13(15-20-9)10-3-2-4-11(7-10)16(8-17)6-5-12(18)19/h2-4,7-8H,5-6H2,1H3,(H,18,19). The van der Waals surface area contributed by atoms with Crippen molar-refractivity contribution in [1.82, 2.24) is 10.1 Å². The molecule has 1 amide bonds. The fraction of sp³-hybridized carbons (Fsp3) is 0.231. The number of aliphatic carboxylic acids is 1. The summed E-state index contributed by atoms with van der Waals surface area (Å²) in [5.41, 5.74) is 1.28. The Balaban J connectivity index is 2.23. The van der Waals surface area contributed by atoms with Crippen LogP contribution >= 0.6 is 0 Å². The second kappa shape index (κ2) is 5.96. The fourth-order valence-corrected chi connectivity index (χ4v) is 1.70. The highest BCUT2D eigenvalue weighted by atomic mass is 16.5. The average molecular weight is 275 g/mol. The van der Waals surface area contributed by atoms with Crippen LogP contribution in [-0.4, -0.2) is 34.2 Å². The Labute approximate surface area is 114 Å². The van der Waals surface area contributed by atoms with Crippen LogP contribution in [0.5, 0.6) is 0 Å². The SMILES string of the molecule is Cc1nc(-c2cccc(N(C=O)CCC(=O)O)c2)no1. The summed E-state index contributed by atoms with van der Waals surface area (Å²) >= 11 is 0. The summed E-state index contributed by atoms with van der Waals surface area (Å²) in [6, 6.07) is 6.95. The maximum absolute atomic E-state index is 11.1. The van der Waals surface area contributed by atoms with Crippen molar-refractivity contribution in [2.24, 2.45) is 0 Å². The Bertz CT molecular complexity index is 624. The molecule has 2 rings (SSSR count). The van der Waals surface area contributed by atoms with E-state index in [0.29, 0.717) is 29.4 Å². The molecule has 0 atom stereocenters. The second-order valence-electron chi connectivity index (χ2n) is 4.13. The van der Waals surface area contributed by atoms with Crippen LogP contribution in [0.1, 0.15) is 12.3 Å². The van der Waals surface area contributed by atoms with E-state index in [2.05, 4.69) is 10.1 Å². The first-order chi connectivity index (χ1) is 9.60. The zero-order valence-electron chi connectivity index (χ0n) is 10.8. The smallest absolute Gasteiger partial charge is 0.305 e. The summed E-state index contributed by atoms with van der Waals surface area (Å²) in [4.78, 5) is 27.0. The number of benzene rings is 1. The molecule has 0 aliphatic rings. The zero-order valence-corrected chi connectivity index (χ0v) is 10.8. The Kier molecular flexibility index (Phi) is 4.09. The minimum absolute atomic E-state index is 0.105. The molecule has 7 heteroatoms. The van der Waals surface area contributed by atoms with Crippen LogP contribution in [0.15, 0.2) is 28.8 Å². The van der Waals surface area contributed by atoms with Gasteiger partial charge in [-0.25, -0.2) is 0 Å². The molecule has 2 aromatic rings. The third kappa shape index (κ3) is 3.19. The van der Waals surface area contributed by atoms with Crippen molar-refractivity contribution in [3.05, 3.63) is 30.2 Å². The minimum Gasteiger partial charge on any atom is -0.481 e. The van der Waals surface area contributed by atoms with Gasteiger partial charge in [0.1, 0.15) is 0 Å². The summed E-state index contributed by atoms with van der Waals surface area (Å²) in [7, 11) is 0. The van der Waals surface area contributed by atoms with Crippen LogP contribution in [0.4, 0.5) is 5.69 Å². The van der Waals surface area contributed by atoms with E-state index < -0.39 is 5.97 Å². The average Bonchev–Trinajstić information content (AvgIpc) is 2.86. The number of carboxylic acids is 1. The lowest BCUT2D eigenvalue weighted by molar-refractivity contribution is -0.136. The van der Waals surface area contributed by atoms with E-state index in [1.165, 1.54) is 4.90 Å². The number of rotatable bonds is 6. The van der Waals surface area contributed by atoms with E-state index in [9.17, 15) is 9.59 Å². The van der Waals surface area contributed by atoms with Gasteiger partial charge in [-0.15, -0.1) is 0 Å². The predicted molar refractivity (Wildman–Crippen MR) is 70.1 cm³/mol. The van der Waals surface area contributed by atoms with Crippen LogP contribution in [-0.2, 0) is 9.59 Å². The first kappa shape index (κ1) is 13.7. The molecule has 0 fully saturated rings. The first-order valence-electron chi connectivity index (χ1n) is 5.94. The van der Waals surface area contributed by atoms with Crippen molar-refractivity contribution in [1.29, 1.82) is 0 Å². The summed E-state index contributed by atoms with van der Waals surface area (Å²) in [5.74, 6) is -0.0845. The van der Waals surface area contributed by atoms with Crippen molar-refractivity contribution in [2.75, 3.05) is 11.4 Å². The molecule has 0 saturated heterocycles. The molecule has 20 heavy (non-hydrogen) atoms. The lowest BCUT2D eigenvalue weighted by atomic mass is 10.2. The van der Waals surface area contributed by atoms with Gasteiger partial charge in [-0.1, -0.05) is 17.3 Å². The highest BCUT2D eigenvalue weighted by Gasteiger charge is 2.11. The molecular formula is C13H13N3O4. The normalized spacial score (nSPS) is 10.2. The summed E-state index contributed by atoms with van der Waals surface area (Å²) in [6.45, 7) is 1.79. The molecule has 1 heterocycles. The molecule has 1 N–H and O–H groups in total. The summed E-state index contributed by atoms with van der Waals surface area (Å²) < 4.78 is 4.90. The number of carbonyl (C=O) groups is 2. The highest BCUT2D eigenvalue weighted by molar-refractivity contribution is 5.79. The summed E-state index contributed by atoms with van der Waals surface area (Å²) in [6.07, 6.45) is 0.480. The molecule has 0 radical (unpaired) electrons. The predicted octanol–water partition coefficient (Wildman–Crippen LogP) is 1.48. The van der Waals surface area contributed by atoms with Crippen LogP contribution in [0, 0.1) is 6.92 Å². The lowest BCUT2D eigenvalue weighted by Crippen LogP contribution is -2.24. The van der Waals surface area contributed by atoms with Gasteiger partial charge in [0.05, 0.1) is 6.42 Å². The van der Waals surface area contributed by atoms with Gasteiger partial charge < -0.3 is 14.5 Å². The van der Waals surface area contributed by atoms with E-state index in [0.717, 1.165) is 0 Å². The fourth-order valence-electron chi connectivity index (χ4n) is 1.70. The maximum Gasteiger partial charge on any atom is 0.305 e. The zero-order chi connectivity index (χ0) is 14.5. The Morgan fingerprint density at radius 1 is 1.50 bits per heavy atom. The molecule has 0 aliphatic carbocycles. The number of amides is 1. The van der Waals surface area contributed by atoms with Crippen molar-refractivity contribution < 1.29 is 19.2 Å². The largest absolute Gasteiger partial charge is 0.481 e. The Hall–Kier alpha value is -2.70. The molecule has 0 bridgehead atoms. The third-order valence-corrected chi connectivity index (χ3v) is 2.66. The number of aryl methyl sites for hydroxylation is 1. The van der Waals surface area contributed by atoms with Gasteiger partial charge in [0.2, 0.25) is 18.1 Å². The quantitative estimate of drug-likeness (QED) is 0.802. The number of carboxylic acid groups (broad SMARTS) is 1. The van der Waals surface area contributed by atoms with Crippen molar-refractivity contribution in [3.63, 3.8) is 0 Å². The van der Waals surface area contributed by atoms with Gasteiger partial charge in [-0.2, -0.15) is 4.98 Å². The molecule has 0 spiro atoms. The van der Waals surface area contributed by atoms with E-state index in [1.807, 2.05) is 0 Å². The van der Waals surface area contributed by atoms with E-state index in [4.69, 9.17) is 9.63 Å². The molecule has 0 aliphatic heterocycles. The molecular weight excluding hydrogens is 262 g/mol. The third-order valence-electron chi connectivity index (χ3n) is 2.66. The second-order valence-corrected chi connectivity index (χ2v) is 4.13. The molecule has 1 aromatic heterocycles. The highest BCUT2D eigenvalue weighted by Crippen LogP contribution is 2.22.